The molecule has 20 heavy (non-hydrogen) atoms. The van der Waals surface area contributed by atoms with Crippen LogP contribution in [0.15, 0.2) is 16.7 Å². The van der Waals surface area contributed by atoms with E-state index in [1.165, 1.54) is 12.1 Å². The second-order valence-electron chi connectivity index (χ2n) is 4.72. The van der Waals surface area contributed by atoms with Crippen molar-refractivity contribution >= 4 is 34.8 Å². The molecule has 0 amide bonds. The number of hydrogen-bond donors (Lipinski definition) is 1. The van der Waals surface area contributed by atoms with E-state index in [0.29, 0.717) is 26.6 Å². The van der Waals surface area contributed by atoms with Crippen molar-refractivity contribution in [2.45, 2.75) is 26.0 Å². The molecule has 2 aromatic rings. The van der Waals surface area contributed by atoms with Crippen molar-refractivity contribution in [3.63, 3.8) is 0 Å². The normalized spacial score (nSPS) is 11.7. The Morgan fingerprint density at radius 1 is 1.25 bits per heavy atom. The lowest BCUT2D eigenvalue weighted by Gasteiger charge is -2.11. The number of nitrogens with two attached hydrogens (primary N) is 1. The fourth-order valence-electron chi connectivity index (χ4n) is 1.38. The number of halogens is 3. The van der Waals surface area contributed by atoms with Crippen LogP contribution < -0.4 is 10.5 Å². The maximum atomic E-state index is 6.00. The highest BCUT2D eigenvalue weighted by atomic mass is 35.5. The lowest BCUT2D eigenvalue weighted by atomic mass is 10.1. The van der Waals surface area contributed by atoms with E-state index in [-0.39, 0.29) is 12.5 Å². The summed E-state index contributed by atoms with van der Waals surface area (Å²) in [5, 5.41) is 4.82. The highest BCUT2D eigenvalue weighted by Gasteiger charge is 2.22. The van der Waals surface area contributed by atoms with E-state index >= 15 is 0 Å². The fourth-order valence-corrected chi connectivity index (χ4v) is 2.30. The lowest BCUT2D eigenvalue weighted by Crippen LogP contribution is -2.30. The summed E-state index contributed by atoms with van der Waals surface area (Å²) in [6.07, 6.45) is 0. The standard InChI is InChI=1S/C12H12Cl3N3O2/c1-12(2,16)11-17-9(20-18-11)5-19-10-7(14)3-6(13)4-8(10)15/h3-4H,5,16H2,1-2H3. The van der Waals surface area contributed by atoms with Crippen LogP contribution in [-0.4, -0.2) is 10.1 Å². The summed E-state index contributed by atoms with van der Waals surface area (Å²) in [5.74, 6) is 0.981. The molecule has 0 fully saturated rings. The van der Waals surface area contributed by atoms with Gasteiger partial charge in [0.2, 0.25) is 0 Å². The van der Waals surface area contributed by atoms with Crippen LogP contribution in [0, 0.1) is 0 Å². The Bertz CT molecular complexity index is 600. The molecule has 2 rings (SSSR count). The minimum atomic E-state index is -0.683. The van der Waals surface area contributed by atoms with Crippen molar-refractivity contribution < 1.29 is 9.26 Å². The van der Waals surface area contributed by atoms with Crippen LogP contribution in [0.25, 0.3) is 0 Å². The summed E-state index contributed by atoms with van der Waals surface area (Å²) in [6, 6.07) is 3.07. The molecule has 0 aliphatic carbocycles. The molecule has 5 nitrogen and oxygen atoms in total. The Hall–Kier alpha value is -1.01. The highest BCUT2D eigenvalue weighted by Crippen LogP contribution is 2.36. The van der Waals surface area contributed by atoms with E-state index in [9.17, 15) is 0 Å². The van der Waals surface area contributed by atoms with Crippen molar-refractivity contribution in [3.05, 3.63) is 38.9 Å². The van der Waals surface area contributed by atoms with Gasteiger partial charge >= 0.3 is 0 Å². The van der Waals surface area contributed by atoms with Gasteiger partial charge in [-0.25, -0.2) is 0 Å². The predicted octanol–water partition coefficient (Wildman–Crippen LogP) is 3.80. The zero-order valence-electron chi connectivity index (χ0n) is 10.8. The molecule has 0 saturated heterocycles. The summed E-state index contributed by atoms with van der Waals surface area (Å²) in [4.78, 5) is 4.13. The van der Waals surface area contributed by atoms with Gasteiger partial charge in [0, 0.05) is 5.02 Å². The molecule has 0 atom stereocenters. The first-order chi connectivity index (χ1) is 9.27. The van der Waals surface area contributed by atoms with Crippen molar-refractivity contribution in [1.82, 2.24) is 10.1 Å². The van der Waals surface area contributed by atoms with E-state index in [4.69, 9.17) is 49.8 Å². The Balaban J connectivity index is 2.12. The predicted molar refractivity (Wildman–Crippen MR) is 77.3 cm³/mol. The first-order valence-corrected chi connectivity index (χ1v) is 6.80. The first kappa shape index (κ1) is 15.4. The van der Waals surface area contributed by atoms with E-state index in [0.717, 1.165) is 0 Å². The smallest absolute Gasteiger partial charge is 0.264 e. The Morgan fingerprint density at radius 2 is 1.85 bits per heavy atom. The molecule has 0 spiro atoms. The van der Waals surface area contributed by atoms with Gasteiger partial charge < -0.3 is 15.0 Å². The zero-order chi connectivity index (χ0) is 14.9. The van der Waals surface area contributed by atoms with E-state index in [1.807, 2.05) is 0 Å². The van der Waals surface area contributed by atoms with Gasteiger partial charge in [0.05, 0.1) is 15.6 Å². The number of hydrogen-bond acceptors (Lipinski definition) is 5. The van der Waals surface area contributed by atoms with Crippen molar-refractivity contribution in [3.8, 4) is 5.75 Å². The monoisotopic (exact) mass is 335 g/mol. The average molecular weight is 337 g/mol. The molecule has 8 heteroatoms. The Kier molecular flexibility index (Phi) is 4.44. The van der Waals surface area contributed by atoms with Crippen LogP contribution in [-0.2, 0) is 12.1 Å². The van der Waals surface area contributed by atoms with Gasteiger partial charge in [-0.3, -0.25) is 0 Å². The van der Waals surface area contributed by atoms with Crippen molar-refractivity contribution in [2.75, 3.05) is 0 Å². The SMILES string of the molecule is CC(C)(N)c1noc(COc2c(Cl)cc(Cl)cc2Cl)n1. The zero-order valence-corrected chi connectivity index (χ0v) is 13.1. The number of aromatic nitrogens is 2. The summed E-state index contributed by atoms with van der Waals surface area (Å²) < 4.78 is 10.5. The minimum Gasteiger partial charge on any atom is -0.481 e. The first-order valence-electron chi connectivity index (χ1n) is 5.66. The van der Waals surface area contributed by atoms with Crippen LogP contribution in [0.4, 0.5) is 0 Å². The third-order valence-electron chi connectivity index (χ3n) is 2.35. The molecule has 1 heterocycles. The fraction of sp³-hybridized carbons (Fsp3) is 0.333. The number of nitrogens with zero attached hydrogens (tertiary/aromatic N) is 2. The molecule has 0 aliphatic rings. The molecular weight excluding hydrogens is 325 g/mol. The molecule has 108 valence electrons. The molecule has 0 unspecified atom stereocenters. The van der Waals surface area contributed by atoms with Crippen molar-refractivity contribution in [1.29, 1.82) is 0 Å². The van der Waals surface area contributed by atoms with Gasteiger partial charge in [-0.15, -0.1) is 0 Å². The number of ether oxygens (including phenoxy) is 1. The summed E-state index contributed by atoms with van der Waals surface area (Å²) in [5.41, 5.74) is 5.18. The third kappa shape index (κ3) is 3.55. The Morgan fingerprint density at radius 3 is 2.35 bits per heavy atom. The quantitative estimate of drug-likeness (QED) is 0.919. The summed E-state index contributed by atoms with van der Waals surface area (Å²) >= 11 is 17.8. The molecule has 2 N–H and O–H groups in total. The van der Waals surface area contributed by atoms with Crippen molar-refractivity contribution in [2.24, 2.45) is 5.73 Å². The van der Waals surface area contributed by atoms with E-state index in [2.05, 4.69) is 10.1 Å². The number of rotatable bonds is 4. The van der Waals surface area contributed by atoms with Crippen LogP contribution in [0.1, 0.15) is 25.6 Å². The Labute approximate surface area is 130 Å². The second kappa shape index (κ2) is 5.77. The van der Waals surface area contributed by atoms with Gasteiger partial charge in [0.25, 0.3) is 5.89 Å². The van der Waals surface area contributed by atoms with Gasteiger partial charge in [0.1, 0.15) is 0 Å². The van der Waals surface area contributed by atoms with Gasteiger partial charge in [-0.05, 0) is 26.0 Å². The molecule has 1 aromatic carbocycles. The minimum absolute atomic E-state index is 0.0319. The topological polar surface area (TPSA) is 74.2 Å². The average Bonchev–Trinajstić information content (AvgIpc) is 2.75. The summed E-state index contributed by atoms with van der Waals surface area (Å²) in [6.45, 7) is 3.58. The molecule has 1 aromatic heterocycles. The van der Waals surface area contributed by atoms with E-state index < -0.39 is 5.54 Å². The van der Waals surface area contributed by atoms with Gasteiger partial charge in [0.15, 0.2) is 18.2 Å². The molecule has 0 saturated carbocycles. The van der Waals surface area contributed by atoms with E-state index in [1.54, 1.807) is 13.8 Å². The number of benzene rings is 1. The molecule has 0 aliphatic heterocycles. The summed E-state index contributed by atoms with van der Waals surface area (Å²) in [7, 11) is 0. The third-order valence-corrected chi connectivity index (χ3v) is 3.13. The maximum Gasteiger partial charge on any atom is 0.264 e. The lowest BCUT2D eigenvalue weighted by molar-refractivity contribution is 0.242. The van der Waals surface area contributed by atoms with Crippen LogP contribution in [0.5, 0.6) is 5.75 Å². The molecule has 0 radical (unpaired) electrons. The molecule has 0 bridgehead atoms. The molecular formula is C12H12Cl3N3O2. The van der Waals surface area contributed by atoms with Gasteiger partial charge in [-0.2, -0.15) is 4.98 Å². The highest BCUT2D eigenvalue weighted by molar-refractivity contribution is 6.40. The van der Waals surface area contributed by atoms with Crippen LogP contribution in [0.2, 0.25) is 15.1 Å². The van der Waals surface area contributed by atoms with Crippen LogP contribution in [0.3, 0.4) is 0 Å². The maximum absolute atomic E-state index is 6.00. The largest absolute Gasteiger partial charge is 0.481 e. The second-order valence-corrected chi connectivity index (χ2v) is 5.97. The van der Waals surface area contributed by atoms with Crippen LogP contribution >= 0.6 is 34.8 Å². The van der Waals surface area contributed by atoms with Gasteiger partial charge in [-0.1, -0.05) is 40.0 Å².